The molecule has 3 aromatic rings. The Hall–Kier alpha value is -2.51. The Balaban J connectivity index is 1.17. The minimum absolute atomic E-state index is 0.232. The molecule has 2 aliphatic heterocycles. The summed E-state index contributed by atoms with van der Waals surface area (Å²) in [6.07, 6.45) is 6.23. The van der Waals surface area contributed by atoms with E-state index in [0.29, 0.717) is 23.3 Å². The van der Waals surface area contributed by atoms with Crippen LogP contribution in [0.1, 0.15) is 43.7 Å². The molecule has 2 unspecified atom stereocenters. The third kappa shape index (κ3) is 3.91. The maximum Gasteiger partial charge on any atom is 0.281 e. The quantitative estimate of drug-likeness (QED) is 0.659. The SMILES string of the molecule is CC(=O)N1C2CCC1CC(NCc1ccc(Oc3nc4ncc(C)cc4s3)cc1)C2. The maximum atomic E-state index is 11.9. The number of hydrogen-bond acceptors (Lipinski definition) is 6. The standard InChI is InChI=1S/C23H26N4O2S/c1-14-9-21-22(25-12-14)26-23(30-21)29-20-7-3-16(4-8-20)13-24-17-10-18-5-6-19(11-17)27(18)15(2)28/h3-4,7-9,12,17-19,24H,5-6,10-11,13H2,1-2H3. The van der Waals surface area contributed by atoms with Crippen LogP contribution in [0.5, 0.6) is 10.9 Å². The number of pyridine rings is 1. The molecule has 1 N–H and O–H groups in total. The van der Waals surface area contributed by atoms with Crippen LogP contribution >= 0.6 is 11.3 Å². The van der Waals surface area contributed by atoms with E-state index < -0.39 is 0 Å². The molecule has 2 saturated heterocycles. The summed E-state index contributed by atoms with van der Waals surface area (Å²) in [6, 6.07) is 11.6. The maximum absolute atomic E-state index is 11.9. The first-order chi connectivity index (χ1) is 14.5. The molecule has 6 nitrogen and oxygen atoms in total. The molecule has 4 heterocycles. The zero-order valence-electron chi connectivity index (χ0n) is 17.3. The van der Waals surface area contributed by atoms with Crippen molar-refractivity contribution in [3.63, 3.8) is 0 Å². The number of aryl methyl sites for hydroxylation is 1. The van der Waals surface area contributed by atoms with Gasteiger partial charge in [-0.15, -0.1) is 0 Å². The summed E-state index contributed by atoms with van der Waals surface area (Å²) in [7, 11) is 0. The molecule has 0 aliphatic carbocycles. The van der Waals surface area contributed by atoms with Crippen LogP contribution in [-0.4, -0.2) is 38.9 Å². The van der Waals surface area contributed by atoms with Crippen molar-refractivity contribution >= 4 is 27.6 Å². The van der Waals surface area contributed by atoms with E-state index in [0.717, 1.165) is 53.9 Å². The molecule has 2 bridgehead atoms. The van der Waals surface area contributed by atoms with Crippen molar-refractivity contribution < 1.29 is 9.53 Å². The van der Waals surface area contributed by atoms with Crippen LogP contribution in [0.4, 0.5) is 0 Å². The molecule has 30 heavy (non-hydrogen) atoms. The zero-order chi connectivity index (χ0) is 20.7. The van der Waals surface area contributed by atoms with Crippen LogP contribution < -0.4 is 10.1 Å². The van der Waals surface area contributed by atoms with E-state index in [1.165, 1.54) is 16.9 Å². The molecular formula is C23H26N4O2S. The lowest BCUT2D eigenvalue weighted by molar-refractivity contribution is -0.133. The summed E-state index contributed by atoms with van der Waals surface area (Å²) < 4.78 is 6.97. The van der Waals surface area contributed by atoms with Gasteiger partial charge in [-0.2, -0.15) is 4.98 Å². The van der Waals surface area contributed by atoms with E-state index >= 15 is 0 Å². The molecule has 7 heteroatoms. The van der Waals surface area contributed by atoms with Crippen molar-refractivity contribution in [3.05, 3.63) is 47.7 Å². The number of carbonyl (C=O) groups excluding carboxylic acids is 1. The first-order valence-corrected chi connectivity index (χ1v) is 11.4. The second-order valence-corrected chi connectivity index (χ2v) is 9.41. The summed E-state index contributed by atoms with van der Waals surface area (Å²) in [5, 5.41) is 4.31. The highest BCUT2D eigenvalue weighted by Crippen LogP contribution is 2.36. The Morgan fingerprint density at radius 2 is 1.97 bits per heavy atom. The van der Waals surface area contributed by atoms with Gasteiger partial charge in [-0.05, 0) is 61.9 Å². The fourth-order valence-electron chi connectivity index (χ4n) is 4.84. The number of aromatic nitrogens is 2. The molecule has 0 saturated carbocycles. The van der Waals surface area contributed by atoms with E-state index in [-0.39, 0.29) is 5.91 Å². The molecule has 1 aromatic carbocycles. The summed E-state index contributed by atoms with van der Waals surface area (Å²) in [5.41, 5.74) is 3.08. The largest absolute Gasteiger partial charge is 0.431 e. The van der Waals surface area contributed by atoms with Gasteiger partial charge in [-0.3, -0.25) is 4.79 Å². The minimum atomic E-state index is 0.232. The van der Waals surface area contributed by atoms with Gasteiger partial charge in [-0.1, -0.05) is 23.5 Å². The van der Waals surface area contributed by atoms with Gasteiger partial charge in [0.05, 0.1) is 4.70 Å². The van der Waals surface area contributed by atoms with E-state index in [2.05, 4.69) is 38.4 Å². The van der Waals surface area contributed by atoms with Crippen molar-refractivity contribution in [1.82, 2.24) is 20.2 Å². The Labute approximate surface area is 180 Å². The highest BCUT2D eigenvalue weighted by Gasteiger charge is 2.41. The number of hydrogen-bond donors (Lipinski definition) is 1. The van der Waals surface area contributed by atoms with Crippen molar-refractivity contribution in [1.29, 1.82) is 0 Å². The van der Waals surface area contributed by atoms with Gasteiger partial charge in [0, 0.05) is 37.8 Å². The van der Waals surface area contributed by atoms with Gasteiger partial charge >= 0.3 is 0 Å². The monoisotopic (exact) mass is 422 g/mol. The van der Waals surface area contributed by atoms with Gasteiger partial charge in [0.1, 0.15) is 5.75 Å². The minimum Gasteiger partial charge on any atom is -0.431 e. The smallest absolute Gasteiger partial charge is 0.281 e. The molecule has 0 spiro atoms. The normalized spacial score (nSPS) is 23.1. The number of carbonyl (C=O) groups is 1. The third-order valence-corrected chi connectivity index (χ3v) is 7.05. The predicted molar refractivity (Wildman–Crippen MR) is 118 cm³/mol. The molecule has 1 amide bonds. The number of amides is 1. The second-order valence-electron chi connectivity index (χ2n) is 8.42. The van der Waals surface area contributed by atoms with Gasteiger partial charge in [0.2, 0.25) is 5.91 Å². The molecule has 5 rings (SSSR count). The highest BCUT2D eigenvalue weighted by atomic mass is 32.1. The summed E-state index contributed by atoms with van der Waals surface area (Å²) >= 11 is 1.51. The third-order valence-electron chi connectivity index (χ3n) is 6.18. The summed E-state index contributed by atoms with van der Waals surface area (Å²) in [5.74, 6) is 1.01. The van der Waals surface area contributed by atoms with Crippen LogP contribution in [0.25, 0.3) is 10.3 Å². The predicted octanol–water partition coefficient (Wildman–Crippen LogP) is 4.42. The molecule has 2 aromatic heterocycles. The van der Waals surface area contributed by atoms with Crippen molar-refractivity contribution in [2.24, 2.45) is 0 Å². The van der Waals surface area contributed by atoms with Crippen molar-refractivity contribution in [2.45, 2.75) is 64.2 Å². The number of fused-ring (bicyclic) bond motifs is 3. The Bertz CT molecular complexity index is 1050. The lowest BCUT2D eigenvalue weighted by Gasteiger charge is -2.38. The van der Waals surface area contributed by atoms with Crippen LogP contribution in [0, 0.1) is 6.92 Å². The number of ether oxygens (including phenoxy) is 1. The van der Waals surface area contributed by atoms with E-state index in [1.807, 2.05) is 25.3 Å². The molecule has 2 atom stereocenters. The Kier molecular flexibility index (Phi) is 5.16. The van der Waals surface area contributed by atoms with E-state index in [9.17, 15) is 4.79 Å². The number of rotatable bonds is 5. The van der Waals surface area contributed by atoms with Crippen LogP contribution in [0.2, 0.25) is 0 Å². The Morgan fingerprint density at radius 1 is 1.23 bits per heavy atom. The van der Waals surface area contributed by atoms with Crippen LogP contribution in [0.3, 0.4) is 0 Å². The second kappa shape index (κ2) is 7.96. The van der Waals surface area contributed by atoms with Crippen LogP contribution in [-0.2, 0) is 11.3 Å². The average molecular weight is 423 g/mol. The lowest BCUT2D eigenvalue weighted by Crippen LogP contribution is -2.50. The zero-order valence-corrected chi connectivity index (χ0v) is 18.1. The topological polar surface area (TPSA) is 67.4 Å². The number of piperidine rings is 1. The molecule has 2 fully saturated rings. The van der Waals surface area contributed by atoms with Gasteiger partial charge < -0.3 is 15.0 Å². The number of nitrogens with zero attached hydrogens (tertiary/aromatic N) is 3. The number of benzene rings is 1. The van der Waals surface area contributed by atoms with Crippen LogP contribution in [0.15, 0.2) is 36.5 Å². The first kappa shape index (κ1) is 19.5. The van der Waals surface area contributed by atoms with Gasteiger partial charge in [0.15, 0.2) is 5.65 Å². The number of nitrogens with one attached hydrogen (secondary N) is 1. The fraction of sp³-hybridized carbons (Fsp3) is 0.435. The van der Waals surface area contributed by atoms with Crippen molar-refractivity contribution in [2.75, 3.05) is 0 Å². The van der Waals surface area contributed by atoms with E-state index in [4.69, 9.17) is 4.74 Å². The molecular weight excluding hydrogens is 396 g/mol. The van der Waals surface area contributed by atoms with Crippen molar-refractivity contribution in [3.8, 4) is 10.9 Å². The molecule has 156 valence electrons. The lowest BCUT2D eigenvalue weighted by atomic mass is 9.97. The first-order valence-electron chi connectivity index (χ1n) is 10.6. The summed E-state index contributed by atoms with van der Waals surface area (Å²) in [6.45, 7) is 4.56. The molecule has 2 aliphatic rings. The highest BCUT2D eigenvalue weighted by molar-refractivity contribution is 7.20. The van der Waals surface area contributed by atoms with E-state index in [1.54, 1.807) is 6.92 Å². The summed E-state index contributed by atoms with van der Waals surface area (Å²) in [4.78, 5) is 22.8. The van der Waals surface area contributed by atoms with Gasteiger partial charge in [-0.25, -0.2) is 4.98 Å². The molecule has 0 radical (unpaired) electrons. The number of thiazole rings is 1. The van der Waals surface area contributed by atoms with Gasteiger partial charge in [0.25, 0.3) is 5.19 Å². The Morgan fingerprint density at radius 3 is 2.67 bits per heavy atom. The average Bonchev–Trinajstić information content (AvgIpc) is 3.24. The fourth-order valence-corrected chi connectivity index (χ4v) is 5.73.